The Kier molecular flexibility index (Phi) is 6.38. The van der Waals surface area contributed by atoms with Crippen LogP contribution >= 0.6 is 0 Å². The number of amides is 1. The highest BCUT2D eigenvalue weighted by Gasteiger charge is 2.13. The summed E-state index contributed by atoms with van der Waals surface area (Å²) in [6.07, 6.45) is 0. The lowest BCUT2D eigenvalue weighted by Crippen LogP contribution is -2.36. The van der Waals surface area contributed by atoms with E-state index in [0.717, 1.165) is 16.9 Å². The quantitative estimate of drug-likeness (QED) is 0.849. The molecule has 0 heterocycles. The van der Waals surface area contributed by atoms with Gasteiger partial charge in [0.15, 0.2) is 0 Å². The smallest absolute Gasteiger partial charge is 0.234 e. The van der Waals surface area contributed by atoms with E-state index in [2.05, 4.69) is 18.3 Å². The average molecular weight is 326 g/mol. The highest BCUT2D eigenvalue weighted by Crippen LogP contribution is 2.21. The Morgan fingerprint density at radius 2 is 1.92 bits per heavy atom. The summed E-state index contributed by atoms with van der Waals surface area (Å²) in [7, 11) is 3.61. The summed E-state index contributed by atoms with van der Waals surface area (Å²) in [4.78, 5) is 14.3. The number of likely N-dealkylation sites (N-methyl/N-ethyl adjacent to an activating group) is 1. The lowest BCUT2D eigenvalue weighted by atomic mass is 10.1. The summed E-state index contributed by atoms with van der Waals surface area (Å²) in [5.74, 6) is 0.867. The minimum Gasteiger partial charge on any atom is -0.496 e. The first-order valence-electron chi connectivity index (χ1n) is 8.16. The van der Waals surface area contributed by atoms with Gasteiger partial charge < -0.3 is 10.1 Å². The molecule has 0 radical (unpaired) electrons. The first-order valence-corrected chi connectivity index (χ1v) is 8.16. The second-order valence-corrected chi connectivity index (χ2v) is 6.19. The van der Waals surface area contributed by atoms with Gasteiger partial charge in [0.25, 0.3) is 0 Å². The molecule has 0 aliphatic carbocycles. The van der Waals surface area contributed by atoms with Crippen LogP contribution in [0.4, 0.5) is 0 Å². The third kappa shape index (κ3) is 5.10. The molecule has 24 heavy (non-hydrogen) atoms. The summed E-state index contributed by atoms with van der Waals surface area (Å²) < 4.78 is 5.40. The van der Waals surface area contributed by atoms with Crippen LogP contribution in [0.15, 0.2) is 48.5 Å². The van der Waals surface area contributed by atoms with Crippen molar-refractivity contribution in [2.24, 2.45) is 0 Å². The molecule has 2 aromatic rings. The standard InChI is InChI=1S/C20H26N2O2/c1-15-10-11-19(24-4)18(12-15)13-22(3)14-20(23)21-16(2)17-8-6-5-7-9-17/h5-12,16H,13-14H2,1-4H3,(H,21,23). The maximum Gasteiger partial charge on any atom is 0.234 e. The Morgan fingerprint density at radius 1 is 1.21 bits per heavy atom. The molecule has 0 aliphatic rings. The predicted molar refractivity (Wildman–Crippen MR) is 97.1 cm³/mol. The monoisotopic (exact) mass is 326 g/mol. The van der Waals surface area contributed by atoms with Gasteiger partial charge in [-0.15, -0.1) is 0 Å². The molecule has 0 aromatic heterocycles. The summed E-state index contributed by atoms with van der Waals surface area (Å²) in [5, 5.41) is 3.04. The van der Waals surface area contributed by atoms with E-state index < -0.39 is 0 Å². The van der Waals surface area contributed by atoms with Gasteiger partial charge in [-0.2, -0.15) is 0 Å². The van der Waals surface area contributed by atoms with E-state index in [4.69, 9.17) is 4.74 Å². The zero-order valence-electron chi connectivity index (χ0n) is 14.9. The van der Waals surface area contributed by atoms with E-state index in [1.807, 2.05) is 61.3 Å². The van der Waals surface area contributed by atoms with Crippen LogP contribution in [0.3, 0.4) is 0 Å². The Balaban J connectivity index is 1.91. The van der Waals surface area contributed by atoms with Crippen molar-refractivity contribution in [3.8, 4) is 5.75 Å². The minimum absolute atomic E-state index is 0.000561. The fraction of sp³-hybridized carbons (Fsp3) is 0.350. The van der Waals surface area contributed by atoms with Crippen LogP contribution in [0, 0.1) is 6.92 Å². The molecule has 1 atom stereocenters. The molecule has 4 heteroatoms. The van der Waals surface area contributed by atoms with Crippen LogP contribution in [0.2, 0.25) is 0 Å². The molecule has 2 aromatic carbocycles. The van der Waals surface area contributed by atoms with Crippen molar-refractivity contribution in [3.05, 3.63) is 65.2 Å². The van der Waals surface area contributed by atoms with E-state index in [0.29, 0.717) is 13.1 Å². The van der Waals surface area contributed by atoms with Crippen LogP contribution in [0.25, 0.3) is 0 Å². The fourth-order valence-electron chi connectivity index (χ4n) is 2.73. The highest BCUT2D eigenvalue weighted by atomic mass is 16.5. The zero-order valence-corrected chi connectivity index (χ0v) is 14.9. The van der Waals surface area contributed by atoms with E-state index >= 15 is 0 Å². The fourth-order valence-corrected chi connectivity index (χ4v) is 2.73. The van der Waals surface area contributed by atoms with Crippen LogP contribution in [-0.2, 0) is 11.3 Å². The Bertz CT molecular complexity index is 671. The van der Waals surface area contributed by atoms with Gasteiger partial charge in [0.1, 0.15) is 5.75 Å². The molecular weight excluding hydrogens is 300 g/mol. The Morgan fingerprint density at radius 3 is 2.58 bits per heavy atom. The zero-order chi connectivity index (χ0) is 17.5. The van der Waals surface area contributed by atoms with Crippen molar-refractivity contribution in [2.75, 3.05) is 20.7 Å². The lowest BCUT2D eigenvalue weighted by molar-refractivity contribution is -0.122. The average Bonchev–Trinajstić information content (AvgIpc) is 2.55. The molecule has 1 N–H and O–H groups in total. The molecule has 0 fully saturated rings. The van der Waals surface area contributed by atoms with E-state index in [1.54, 1.807) is 7.11 Å². The SMILES string of the molecule is COc1ccc(C)cc1CN(C)CC(=O)NC(C)c1ccccc1. The summed E-state index contributed by atoms with van der Waals surface area (Å²) in [5.41, 5.74) is 3.37. The molecule has 1 amide bonds. The number of carbonyl (C=O) groups excluding carboxylic acids is 1. The highest BCUT2D eigenvalue weighted by molar-refractivity contribution is 5.78. The molecule has 0 saturated heterocycles. The van der Waals surface area contributed by atoms with Gasteiger partial charge in [-0.05, 0) is 32.5 Å². The van der Waals surface area contributed by atoms with Gasteiger partial charge in [-0.3, -0.25) is 9.69 Å². The maximum atomic E-state index is 12.3. The topological polar surface area (TPSA) is 41.6 Å². The number of benzene rings is 2. The van der Waals surface area contributed by atoms with Crippen molar-refractivity contribution in [1.82, 2.24) is 10.2 Å². The number of nitrogens with one attached hydrogen (secondary N) is 1. The Labute approximate surface area is 144 Å². The molecule has 0 aliphatic heterocycles. The van der Waals surface area contributed by atoms with Crippen molar-refractivity contribution in [1.29, 1.82) is 0 Å². The van der Waals surface area contributed by atoms with Crippen molar-refractivity contribution in [2.45, 2.75) is 26.4 Å². The van der Waals surface area contributed by atoms with E-state index in [1.165, 1.54) is 5.56 Å². The lowest BCUT2D eigenvalue weighted by Gasteiger charge is -2.20. The number of hydrogen-bond donors (Lipinski definition) is 1. The largest absolute Gasteiger partial charge is 0.496 e. The molecule has 4 nitrogen and oxygen atoms in total. The second-order valence-electron chi connectivity index (χ2n) is 6.19. The number of hydrogen-bond acceptors (Lipinski definition) is 3. The van der Waals surface area contributed by atoms with Gasteiger partial charge in [0, 0.05) is 12.1 Å². The van der Waals surface area contributed by atoms with E-state index in [-0.39, 0.29) is 11.9 Å². The third-order valence-electron chi connectivity index (χ3n) is 3.97. The first kappa shape index (κ1) is 18.0. The number of nitrogens with zero attached hydrogens (tertiary/aromatic N) is 1. The van der Waals surface area contributed by atoms with Crippen LogP contribution < -0.4 is 10.1 Å². The van der Waals surface area contributed by atoms with Crippen LogP contribution in [0.1, 0.15) is 29.7 Å². The number of methoxy groups -OCH3 is 1. The molecule has 0 bridgehead atoms. The molecule has 1 unspecified atom stereocenters. The van der Waals surface area contributed by atoms with Crippen LogP contribution in [0.5, 0.6) is 5.75 Å². The van der Waals surface area contributed by atoms with E-state index in [9.17, 15) is 4.79 Å². The minimum atomic E-state index is 0.000561. The van der Waals surface area contributed by atoms with Crippen molar-refractivity contribution in [3.63, 3.8) is 0 Å². The van der Waals surface area contributed by atoms with Gasteiger partial charge in [0.2, 0.25) is 5.91 Å². The van der Waals surface area contributed by atoms with Gasteiger partial charge in [-0.25, -0.2) is 0 Å². The first-order chi connectivity index (χ1) is 11.5. The summed E-state index contributed by atoms with van der Waals surface area (Å²) in [6, 6.07) is 16.1. The third-order valence-corrected chi connectivity index (χ3v) is 3.97. The maximum absolute atomic E-state index is 12.3. The van der Waals surface area contributed by atoms with Gasteiger partial charge in [0.05, 0.1) is 19.7 Å². The predicted octanol–water partition coefficient (Wildman–Crippen LogP) is 3.31. The number of aryl methyl sites for hydroxylation is 1. The molecule has 128 valence electrons. The summed E-state index contributed by atoms with van der Waals surface area (Å²) in [6.45, 7) is 5.06. The van der Waals surface area contributed by atoms with Crippen molar-refractivity contribution >= 4 is 5.91 Å². The number of carbonyl (C=O) groups is 1. The normalized spacial score (nSPS) is 12.0. The molecule has 0 spiro atoms. The van der Waals surface area contributed by atoms with Gasteiger partial charge >= 0.3 is 0 Å². The number of rotatable bonds is 7. The van der Waals surface area contributed by atoms with Crippen LogP contribution in [-0.4, -0.2) is 31.5 Å². The Hall–Kier alpha value is -2.33. The number of ether oxygens (including phenoxy) is 1. The second kappa shape index (κ2) is 8.50. The summed E-state index contributed by atoms with van der Waals surface area (Å²) >= 11 is 0. The molecular formula is C20H26N2O2. The van der Waals surface area contributed by atoms with Gasteiger partial charge in [-0.1, -0.05) is 48.0 Å². The molecule has 0 saturated carbocycles. The van der Waals surface area contributed by atoms with Crippen molar-refractivity contribution < 1.29 is 9.53 Å². The molecule has 2 rings (SSSR count).